The number of alkyl halides is 3. The van der Waals surface area contributed by atoms with Crippen LogP contribution in [0.4, 0.5) is 23.8 Å². The number of nitrogens with zero attached hydrogens (tertiary/aromatic N) is 4. The van der Waals surface area contributed by atoms with E-state index in [-0.39, 0.29) is 34.8 Å². The molecule has 202 valence electrons. The van der Waals surface area contributed by atoms with Gasteiger partial charge in [0.15, 0.2) is 0 Å². The first-order valence-electron chi connectivity index (χ1n) is 12.0. The minimum absolute atomic E-state index is 0.180. The molecule has 1 aromatic carbocycles. The van der Waals surface area contributed by atoms with Crippen molar-refractivity contribution in [3.63, 3.8) is 0 Å². The van der Waals surface area contributed by atoms with Crippen molar-refractivity contribution in [2.45, 2.75) is 68.4 Å². The maximum Gasteiger partial charge on any atom is 0.417 e. The maximum absolute atomic E-state index is 14.0. The Balaban J connectivity index is 1.62. The third-order valence-corrected chi connectivity index (χ3v) is 8.66. The number of carbonyl (C=O) groups excluding carboxylic acids is 1. The summed E-state index contributed by atoms with van der Waals surface area (Å²) in [5, 5.41) is -0.203. The van der Waals surface area contributed by atoms with Crippen molar-refractivity contribution >= 4 is 46.2 Å². The Labute approximate surface area is 221 Å². The summed E-state index contributed by atoms with van der Waals surface area (Å²) in [5.41, 5.74) is -1.83. The van der Waals surface area contributed by atoms with Gasteiger partial charge in [0.05, 0.1) is 45.7 Å². The molecule has 2 fully saturated rings. The first-order chi connectivity index (χ1) is 17.3. The number of fused-ring (bicyclic) bond motifs is 2. The molecule has 3 aliphatic rings. The molecule has 2 aromatic rings. The lowest BCUT2D eigenvalue weighted by atomic mass is 10.1. The Morgan fingerprint density at radius 3 is 2.43 bits per heavy atom. The van der Waals surface area contributed by atoms with Crippen LogP contribution in [0.1, 0.15) is 45.2 Å². The molecule has 4 heterocycles. The number of hydrogen-bond acceptors (Lipinski definition) is 7. The minimum atomic E-state index is -4.68. The van der Waals surface area contributed by atoms with Gasteiger partial charge in [-0.2, -0.15) is 18.2 Å². The molecule has 1 amide bonds. The Hall–Kier alpha value is -2.18. The fraction of sp³-hybridized carbons (Fsp3) is 0.625. The maximum atomic E-state index is 14.0. The molecule has 2 saturated heterocycles. The number of anilines is 1. The van der Waals surface area contributed by atoms with Crippen LogP contribution < -0.4 is 10.6 Å². The summed E-state index contributed by atoms with van der Waals surface area (Å²) in [6, 6.07) is 0.194. The first-order valence-corrected chi connectivity index (χ1v) is 13.4. The average Bonchev–Trinajstić information content (AvgIpc) is 3.06. The Morgan fingerprint density at radius 1 is 1.22 bits per heavy atom. The lowest BCUT2D eigenvalue weighted by molar-refractivity contribution is -0.137. The number of piperazine rings is 1. The lowest BCUT2D eigenvalue weighted by Gasteiger charge is -2.42. The number of ether oxygens (including phenoxy) is 2. The van der Waals surface area contributed by atoms with E-state index < -0.39 is 40.2 Å². The molecule has 0 spiro atoms. The van der Waals surface area contributed by atoms with Crippen LogP contribution in [0.3, 0.4) is 0 Å². The van der Waals surface area contributed by atoms with Gasteiger partial charge in [-0.15, -0.1) is 11.8 Å². The van der Waals surface area contributed by atoms with Crippen LogP contribution in [0, 0.1) is 0 Å². The highest BCUT2D eigenvalue weighted by Crippen LogP contribution is 2.48. The van der Waals surface area contributed by atoms with Crippen LogP contribution >= 0.6 is 23.4 Å². The smallest absolute Gasteiger partial charge is 0.417 e. The van der Waals surface area contributed by atoms with Gasteiger partial charge in [0, 0.05) is 31.3 Å². The number of carbonyl (C=O) groups is 1. The Morgan fingerprint density at radius 2 is 1.86 bits per heavy atom. The number of halogens is 4. The van der Waals surface area contributed by atoms with Crippen molar-refractivity contribution in [1.82, 2.24) is 14.5 Å². The normalized spacial score (nSPS) is 23.6. The molecule has 0 radical (unpaired) electrons. The van der Waals surface area contributed by atoms with Gasteiger partial charge in [-0.25, -0.2) is 9.59 Å². The van der Waals surface area contributed by atoms with Crippen molar-refractivity contribution in [1.29, 1.82) is 0 Å². The summed E-state index contributed by atoms with van der Waals surface area (Å²) < 4.78 is 54.3. The minimum Gasteiger partial charge on any atom is -0.444 e. The molecule has 0 aliphatic carbocycles. The van der Waals surface area contributed by atoms with Gasteiger partial charge in [0.25, 0.3) is 0 Å². The van der Waals surface area contributed by atoms with E-state index in [0.717, 1.165) is 18.9 Å². The predicted molar refractivity (Wildman–Crippen MR) is 135 cm³/mol. The molecule has 0 unspecified atom stereocenters. The molecule has 0 N–H and O–H groups in total. The van der Waals surface area contributed by atoms with Crippen LogP contribution in [0.5, 0.6) is 0 Å². The van der Waals surface area contributed by atoms with E-state index in [1.807, 2.05) is 4.90 Å². The fourth-order valence-electron chi connectivity index (χ4n) is 5.51. The van der Waals surface area contributed by atoms with E-state index in [4.69, 9.17) is 21.1 Å². The third kappa shape index (κ3) is 4.65. The summed E-state index contributed by atoms with van der Waals surface area (Å²) in [7, 11) is 1.50. The molecule has 8 nitrogen and oxygen atoms in total. The molecule has 3 aliphatic heterocycles. The SMILES string of the molecule is COC[C@H]1CSc2c(Cl)c(C(F)(F)F)cc3c(N4C[C@H]5CC[C@@H](C4)N5C(=O)OC(C)(C)C)nc(=O)n1c23. The highest BCUT2D eigenvalue weighted by molar-refractivity contribution is 7.99. The van der Waals surface area contributed by atoms with E-state index in [1.165, 1.54) is 23.4 Å². The largest absolute Gasteiger partial charge is 0.444 e. The number of aromatic nitrogens is 2. The van der Waals surface area contributed by atoms with Crippen molar-refractivity contribution in [3.05, 3.63) is 27.1 Å². The summed E-state index contributed by atoms with van der Waals surface area (Å²) in [6.07, 6.45) is -3.63. The second-order valence-electron chi connectivity index (χ2n) is 10.6. The number of rotatable bonds is 3. The molecular weight excluding hydrogens is 533 g/mol. The van der Waals surface area contributed by atoms with Crippen LogP contribution in [0.25, 0.3) is 10.9 Å². The van der Waals surface area contributed by atoms with Gasteiger partial charge in [0.1, 0.15) is 11.4 Å². The molecule has 13 heteroatoms. The zero-order valence-electron chi connectivity index (χ0n) is 20.9. The van der Waals surface area contributed by atoms with Crippen molar-refractivity contribution in [3.8, 4) is 0 Å². The van der Waals surface area contributed by atoms with Crippen molar-refractivity contribution in [2.75, 3.05) is 37.5 Å². The molecule has 0 saturated carbocycles. The van der Waals surface area contributed by atoms with Crippen molar-refractivity contribution in [2.24, 2.45) is 0 Å². The third-order valence-electron chi connectivity index (χ3n) is 6.92. The van der Waals surface area contributed by atoms with E-state index >= 15 is 0 Å². The van der Waals surface area contributed by atoms with Gasteiger partial charge in [-0.05, 0) is 39.7 Å². The summed E-state index contributed by atoms with van der Waals surface area (Å²) in [5.74, 6) is 0.510. The zero-order chi connectivity index (χ0) is 26.9. The monoisotopic (exact) mass is 560 g/mol. The topological polar surface area (TPSA) is 76.9 Å². The van der Waals surface area contributed by atoms with Crippen LogP contribution in [-0.2, 0) is 15.7 Å². The second-order valence-corrected chi connectivity index (χ2v) is 12.1. The van der Waals surface area contributed by atoms with Gasteiger partial charge in [0.2, 0.25) is 0 Å². The Kier molecular flexibility index (Phi) is 6.59. The van der Waals surface area contributed by atoms with E-state index in [9.17, 15) is 22.8 Å². The molecule has 1 aromatic heterocycles. The number of thioether (sulfide) groups is 1. The summed E-state index contributed by atoms with van der Waals surface area (Å²) >= 11 is 7.46. The first kappa shape index (κ1) is 26.4. The van der Waals surface area contributed by atoms with E-state index in [2.05, 4.69) is 4.98 Å². The fourth-order valence-corrected chi connectivity index (χ4v) is 7.11. The molecule has 3 atom stereocenters. The van der Waals surface area contributed by atoms with Gasteiger partial charge in [-0.3, -0.25) is 9.47 Å². The average molecular weight is 561 g/mol. The summed E-state index contributed by atoms with van der Waals surface area (Å²) in [6.45, 7) is 6.26. The zero-order valence-corrected chi connectivity index (χ0v) is 22.5. The van der Waals surface area contributed by atoms with E-state index in [0.29, 0.717) is 24.4 Å². The van der Waals surface area contributed by atoms with Gasteiger partial charge < -0.3 is 14.4 Å². The molecule has 37 heavy (non-hydrogen) atoms. The quantitative estimate of drug-likeness (QED) is 0.526. The van der Waals surface area contributed by atoms with Crippen LogP contribution in [0.15, 0.2) is 15.8 Å². The van der Waals surface area contributed by atoms with Crippen LogP contribution in [0.2, 0.25) is 5.02 Å². The van der Waals surface area contributed by atoms with Crippen molar-refractivity contribution < 1.29 is 27.4 Å². The summed E-state index contributed by atoms with van der Waals surface area (Å²) in [4.78, 5) is 34.3. The molecule has 2 bridgehead atoms. The van der Waals surface area contributed by atoms with Crippen LogP contribution in [-0.4, -0.2) is 70.8 Å². The lowest BCUT2D eigenvalue weighted by Crippen LogP contribution is -2.57. The molecule has 5 rings (SSSR count). The highest BCUT2D eigenvalue weighted by atomic mass is 35.5. The van der Waals surface area contributed by atoms with E-state index in [1.54, 1.807) is 25.7 Å². The Bertz CT molecular complexity index is 1300. The van der Waals surface area contributed by atoms with Gasteiger partial charge in [-0.1, -0.05) is 11.6 Å². The molecular formula is C24H28ClF3N4O4S. The second kappa shape index (κ2) is 9.23. The standard InChI is InChI=1S/C24H28ClF3N4O4S/c1-23(2,3)36-22(34)31-12-5-6-13(31)9-30(8-12)20-15-7-16(24(26,27)28)17(25)19-18(15)32(21(33)29-20)14(10-35-4)11-37-19/h7,12-14H,5-6,8-11H2,1-4H3/t12-,13+,14-/m0/s1. The number of amides is 1. The highest BCUT2D eigenvalue weighted by Gasteiger charge is 2.46. The predicted octanol–water partition coefficient (Wildman–Crippen LogP) is 4.95. The number of methoxy groups -OCH3 is 1. The number of hydrogen-bond donors (Lipinski definition) is 0. The van der Waals surface area contributed by atoms with Gasteiger partial charge >= 0.3 is 18.0 Å². The number of benzene rings is 1.